The predicted octanol–water partition coefficient (Wildman–Crippen LogP) is 3.75. The lowest BCUT2D eigenvalue weighted by Crippen LogP contribution is -2.15. The standard InChI is InChI=1S/C17H21N3OS/c1-10-7-6-8-15(11(10)2)20-16(21)9-22-17-18-13(4)12(3)14(5)19-17/h6-8H,9H2,1-5H3,(H,20,21). The molecule has 1 heterocycles. The summed E-state index contributed by atoms with van der Waals surface area (Å²) in [5.74, 6) is 0.258. The Balaban J connectivity index is 2.00. The smallest absolute Gasteiger partial charge is 0.234 e. The first-order valence-corrected chi connectivity index (χ1v) is 8.17. The Morgan fingerprint density at radius 3 is 2.32 bits per heavy atom. The van der Waals surface area contributed by atoms with Gasteiger partial charge in [-0.15, -0.1) is 0 Å². The Kier molecular flexibility index (Phi) is 5.19. The highest BCUT2D eigenvalue weighted by Gasteiger charge is 2.10. The summed E-state index contributed by atoms with van der Waals surface area (Å²) in [6, 6.07) is 5.90. The maximum atomic E-state index is 12.1. The number of aryl methyl sites for hydroxylation is 3. The number of benzene rings is 1. The maximum absolute atomic E-state index is 12.1. The zero-order valence-electron chi connectivity index (χ0n) is 13.7. The van der Waals surface area contributed by atoms with E-state index in [0.717, 1.165) is 28.2 Å². The largest absolute Gasteiger partial charge is 0.325 e. The van der Waals surface area contributed by atoms with Crippen LogP contribution in [-0.4, -0.2) is 21.6 Å². The van der Waals surface area contributed by atoms with Gasteiger partial charge in [0.1, 0.15) is 0 Å². The fourth-order valence-corrected chi connectivity index (χ4v) is 2.74. The second kappa shape index (κ2) is 6.92. The van der Waals surface area contributed by atoms with Gasteiger partial charge in [0.05, 0.1) is 5.75 Å². The molecule has 2 aromatic rings. The topological polar surface area (TPSA) is 54.9 Å². The van der Waals surface area contributed by atoms with Gasteiger partial charge in [-0.25, -0.2) is 9.97 Å². The van der Waals surface area contributed by atoms with Gasteiger partial charge in [0.2, 0.25) is 5.91 Å². The van der Waals surface area contributed by atoms with Crippen molar-refractivity contribution in [3.05, 3.63) is 46.3 Å². The third-order valence-corrected chi connectivity index (χ3v) is 4.67. The van der Waals surface area contributed by atoms with Crippen molar-refractivity contribution in [2.24, 2.45) is 0 Å². The zero-order chi connectivity index (χ0) is 16.3. The van der Waals surface area contributed by atoms with E-state index in [9.17, 15) is 4.79 Å². The lowest BCUT2D eigenvalue weighted by Gasteiger charge is -2.10. The molecule has 1 aromatic carbocycles. The van der Waals surface area contributed by atoms with Gasteiger partial charge in [-0.1, -0.05) is 23.9 Å². The Hall–Kier alpha value is -1.88. The molecule has 0 saturated heterocycles. The van der Waals surface area contributed by atoms with Crippen LogP contribution in [-0.2, 0) is 4.79 Å². The minimum Gasteiger partial charge on any atom is -0.325 e. The molecule has 22 heavy (non-hydrogen) atoms. The summed E-state index contributed by atoms with van der Waals surface area (Å²) < 4.78 is 0. The van der Waals surface area contributed by atoms with Crippen molar-refractivity contribution in [1.29, 1.82) is 0 Å². The summed E-state index contributed by atoms with van der Waals surface area (Å²) in [6.45, 7) is 9.97. The number of carbonyl (C=O) groups is 1. The molecular formula is C17H21N3OS. The van der Waals surface area contributed by atoms with Crippen LogP contribution in [0.2, 0.25) is 0 Å². The lowest BCUT2D eigenvalue weighted by atomic mass is 10.1. The van der Waals surface area contributed by atoms with Crippen LogP contribution >= 0.6 is 11.8 Å². The summed E-state index contributed by atoms with van der Waals surface area (Å²) >= 11 is 1.36. The summed E-state index contributed by atoms with van der Waals surface area (Å²) in [5, 5.41) is 3.60. The molecule has 1 N–H and O–H groups in total. The third kappa shape index (κ3) is 3.85. The normalized spacial score (nSPS) is 10.6. The van der Waals surface area contributed by atoms with E-state index in [0.29, 0.717) is 10.9 Å². The van der Waals surface area contributed by atoms with Crippen LogP contribution in [0.3, 0.4) is 0 Å². The van der Waals surface area contributed by atoms with Gasteiger partial charge in [-0.2, -0.15) is 0 Å². The molecule has 0 fully saturated rings. The number of hydrogen-bond donors (Lipinski definition) is 1. The van der Waals surface area contributed by atoms with E-state index in [4.69, 9.17) is 0 Å². The Morgan fingerprint density at radius 2 is 1.68 bits per heavy atom. The predicted molar refractivity (Wildman–Crippen MR) is 91.5 cm³/mol. The van der Waals surface area contributed by atoms with E-state index in [-0.39, 0.29) is 5.91 Å². The second-order valence-electron chi connectivity index (χ2n) is 5.39. The molecule has 0 aliphatic heterocycles. The van der Waals surface area contributed by atoms with E-state index < -0.39 is 0 Å². The van der Waals surface area contributed by atoms with Gasteiger partial charge in [0.15, 0.2) is 5.16 Å². The Bertz CT molecular complexity index is 690. The fraction of sp³-hybridized carbons (Fsp3) is 0.353. The number of thioether (sulfide) groups is 1. The van der Waals surface area contributed by atoms with Crippen molar-refractivity contribution in [1.82, 2.24) is 9.97 Å². The van der Waals surface area contributed by atoms with Gasteiger partial charge < -0.3 is 5.32 Å². The Morgan fingerprint density at radius 1 is 1.05 bits per heavy atom. The fourth-order valence-electron chi connectivity index (χ4n) is 2.01. The quantitative estimate of drug-likeness (QED) is 0.689. The molecule has 1 amide bonds. The Labute approximate surface area is 135 Å². The van der Waals surface area contributed by atoms with Crippen molar-refractivity contribution in [3.63, 3.8) is 0 Å². The van der Waals surface area contributed by atoms with E-state index in [1.54, 1.807) is 0 Å². The van der Waals surface area contributed by atoms with Gasteiger partial charge in [0, 0.05) is 17.1 Å². The molecule has 0 atom stereocenters. The second-order valence-corrected chi connectivity index (χ2v) is 6.33. The number of aromatic nitrogens is 2. The number of rotatable bonds is 4. The first-order valence-electron chi connectivity index (χ1n) is 7.19. The molecule has 0 unspecified atom stereocenters. The number of anilines is 1. The van der Waals surface area contributed by atoms with Crippen LogP contribution < -0.4 is 5.32 Å². The first kappa shape index (κ1) is 16.5. The molecule has 0 bridgehead atoms. The molecule has 0 aliphatic carbocycles. The SMILES string of the molecule is Cc1cccc(NC(=O)CSc2nc(C)c(C)c(C)n2)c1C. The van der Waals surface area contributed by atoms with Crippen LogP contribution in [0.1, 0.15) is 28.1 Å². The molecule has 116 valence electrons. The minimum absolute atomic E-state index is 0.0434. The number of nitrogens with one attached hydrogen (secondary N) is 1. The molecule has 0 radical (unpaired) electrons. The number of hydrogen-bond acceptors (Lipinski definition) is 4. The van der Waals surface area contributed by atoms with E-state index in [2.05, 4.69) is 15.3 Å². The van der Waals surface area contributed by atoms with Crippen LogP contribution in [0.25, 0.3) is 0 Å². The van der Waals surface area contributed by atoms with E-state index in [1.165, 1.54) is 17.3 Å². The average Bonchev–Trinajstić information content (AvgIpc) is 2.47. The average molecular weight is 315 g/mol. The van der Waals surface area contributed by atoms with Crippen molar-refractivity contribution < 1.29 is 4.79 Å². The molecule has 5 heteroatoms. The van der Waals surface area contributed by atoms with Gasteiger partial charge in [0.25, 0.3) is 0 Å². The maximum Gasteiger partial charge on any atom is 0.234 e. The van der Waals surface area contributed by atoms with Crippen molar-refractivity contribution in [3.8, 4) is 0 Å². The third-order valence-electron chi connectivity index (χ3n) is 3.82. The van der Waals surface area contributed by atoms with E-state index >= 15 is 0 Å². The van der Waals surface area contributed by atoms with Gasteiger partial charge in [-0.05, 0) is 57.4 Å². The highest BCUT2D eigenvalue weighted by molar-refractivity contribution is 7.99. The number of nitrogens with zero attached hydrogens (tertiary/aromatic N) is 2. The van der Waals surface area contributed by atoms with Crippen LogP contribution in [0.5, 0.6) is 0 Å². The molecule has 1 aromatic heterocycles. The molecule has 0 spiro atoms. The zero-order valence-corrected chi connectivity index (χ0v) is 14.5. The minimum atomic E-state index is -0.0434. The summed E-state index contributed by atoms with van der Waals surface area (Å²) in [5.41, 5.74) is 6.15. The van der Waals surface area contributed by atoms with Crippen molar-refractivity contribution >= 4 is 23.4 Å². The molecule has 0 saturated carbocycles. The molecule has 0 aliphatic rings. The van der Waals surface area contributed by atoms with Crippen LogP contribution in [0, 0.1) is 34.6 Å². The molecule has 2 rings (SSSR count). The number of amides is 1. The molecular weight excluding hydrogens is 294 g/mol. The van der Waals surface area contributed by atoms with Crippen LogP contribution in [0.15, 0.2) is 23.4 Å². The van der Waals surface area contributed by atoms with Gasteiger partial charge >= 0.3 is 0 Å². The first-order chi connectivity index (χ1) is 10.4. The lowest BCUT2D eigenvalue weighted by molar-refractivity contribution is -0.113. The van der Waals surface area contributed by atoms with Crippen LogP contribution in [0.4, 0.5) is 5.69 Å². The summed E-state index contributed by atoms with van der Waals surface area (Å²) in [4.78, 5) is 20.9. The highest BCUT2D eigenvalue weighted by Crippen LogP contribution is 2.20. The summed E-state index contributed by atoms with van der Waals surface area (Å²) in [6.07, 6.45) is 0. The van der Waals surface area contributed by atoms with Crippen molar-refractivity contribution in [2.75, 3.05) is 11.1 Å². The number of carbonyl (C=O) groups excluding carboxylic acids is 1. The molecule has 4 nitrogen and oxygen atoms in total. The van der Waals surface area contributed by atoms with E-state index in [1.807, 2.05) is 52.8 Å². The summed E-state index contributed by atoms with van der Waals surface area (Å²) in [7, 11) is 0. The monoisotopic (exact) mass is 315 g/mol. The highest BCUT2D eigenvalue weighted by atomic mass is 32.2. The van der Waals surface area contributed by atoms with Gasteiger partial charge in [-0.3, -0.25) is 4.79 Å². The van der Waals surface area contributed by atoms with Crippen molar-refractivity contribution in [2.45, 2.75) is 39.8 Å².